The van der Waals surface area contributed by atoms with Gasteiger partial charge < -0.3 is 5.73 Å². The molecule has 2 N–H and O–H groups in total. The molecule has 0 heterocycles. The van der Waals surface area contributed by atoms with Crippen molar-refractivity contribution in [3.63, 3.8) is 0 Å². The average molecular weight is 310 g/mol. The molecular formula is C14H20BrN3. The van der Waals surface area contributed by atoms with Crippen LogP contribution in [0.2, 0.25) is 0 Å². The summed E-state index contributed by atoms with van der Waals surface area (Å²) in [6, 6.07) is 8.12. The van der Waals surface area contributed by atoms with Gasteiger partial charge in [-0.05, 0) is 33.5 Å². The number of rotatable bonds is 6. The van der Waals surface area contributed by atoms with Crippen LogP contribution in [0.5, 0.6) is 0 Å². The molecule has 0 aliphatic rings. The fourth-order valence-corrected chi connectivity index (χ4v) is 2.31. The normalized spacial score (nSPS) is 10.9. The molecule has 0 saturated carbocycles. The number of nitrogens with two attached hydrogens (primary N) is 1. The minimum atomic E-state index is 0.562. The molecule has 0 amide bonds. The van der Waals surface area contributed by atoms with Crippen LogP contribution in [0.3, 0.4) is 0 Å². The van der Waals surface area contributed by atoms with E-state index in [1.165, 1.54) is 5.56 Å². The molecule has 18 heavy (non-hydrogen) atoms. The van der Waals surface area contributed by atoms with Gasteiger partial charge in [0, 0.05) is 36.2 Å². The van der Waals surface area contributed by atoms with E-state index in [9.17, 15) is 0 Å². The number of hydrogen-bond acceptors (Lipinski definition) is 3. The van der Waals surface area contributed by atoms with Crippen molar-refractivity contribution >= 4 is 21.6 Å². The highest BCUT2D eigenvalue weighted by atomic mass is 79.9. The zero-order valence-electron chi connectivity index (χ0n) is 11.0. The maximum Gasteiger partial charge on any atom is 0.0635 e. The summed E-state index contributed by atoms with van der Waals surface area (Å²) in [5, 5.41) is 8.71. The summed E-state index contributed by atoms with van der Waals surface area (Å²) in [5.74, 6) is 0.587. The fourth-order valence-electron chi connectivity index (χ4n) is 1.92. The van der Waals surface area contributed by atoms with Crippen molar-refractivity contribution in [2.24, 2.45) is 5.92 Å². The van der Waals surface area contributed by atoms with Crippen LogP contribution in [0.1, 0.15) is 25.8 Å². The smallest absolute Gasteiger partial charge is 0.0635 e. The number of anilines is 1. The minimum Gasteiger partial charge on any atom is -0.398 e. The van der Waals surface area contributed by atoms with Gasteiger partial charge in [0.05, 0.1) is 6.07 Å². The maximum atomic E-state index is 8.71. The highest BCUT2D eigenvalue weighted by Crippen LogP contribution is 2.25. The Labute approximate surface area is 118 Å². The van der Waals surface area contributed by atoms with Crippen LogP contribution in [-0.2, 0) is 6.54 Å². The molecule has 98 valence electrons. The van der Waals surface area contributed by atoms with Crippen LogP contribution in [0, 0.1) is 17.2 Å². The molecule has 0 spiro atoms. The van der Waals surface area contributed by atoms with Crippen molar-refractivity contribution in [1.29, 1.82) is 5.26 Å². The second kappa shape index (κ2) is 7.40. The molecule has 4 heteroatoms. The van der Waals surface area contributed by atoms with Crippen LogP contribution < -0.4 is 5.73 Å². The number of nitrogen functional groups attached to an aromatic ring is 1. The first kappa shape index (κ1) is 15.0. The molecule has 0 aliphatic carbocycles. The Balaban J connectivity index is 2.75. The Bertz CT molecular complexity index is 424. The lowest BCUT2D eigenvalue weighted by Crippen LogP contribution is -2.28. The van der Waals surface area contributed by atoms with E-state index >= 15 is 0 Å². The van der Waals surface area contributed by atoms with Gasteiger partial charge in [-0.1, -0.05) is 26.0 Å². The molecule has 1 rings (SSSR count). The summed E-state index contributed by atoms with van der Waals surface area (Å²) in [5.41, 5.74) is 7.82. The molecule has 1 aromatic rings. The van der Waals surface area contributed by atoms with Crippen molar-refractivity contribution < 1.29 is 0 Å². The topological polar surface area (TPSA) is 53.0 Å². The summed E-state index contributed by atoms with van der Waals surface area (Å²) in [6.07, 6.45) is 0.562. The molecule has 0 aromatic heterocycles. The monoisotopic (exact) mass is 309 g/mol. The van der Waals surface area contributed by atoms with Crippen molar-refractivity contribution in [3.05, 3.63) is 28.2 Å². The van der Waals surface area contributed by atoms with Crippen molar-refractivity contribution in [2.75, 3.05) is 18.8 Å². The Morgan fingerprint density at radius 1 is 1.44 bits per heavy atom. The van der Waals surface area contributed by atoms with E-state index in [1.54, 1.807) is 0 Å². The molecular weight excluding hydrogens is 290 g/mol. The van der Waals surface area contributed by atoms with Crippen LogP contribution in [0.25, 0.3) is 0 Å². The second-order valence-electron chi connectivity index (χ2n) is 4.86. The second-order valence-corrected chi connectivity index (χ2v) is 5.65. The van der Waals surface area contributed by atoms with Gasteiger partial charge in [-0.25, -0.2) is 0 Å². The summed E-state index contributed by atoms with van der Waals surface area (Å²) in [4.78, 5) is 2.30. The standard InChI is InChI=1S/C14H20BrN3/c1-11(2)9-18(8-4-7-16)10-12-5-3-6-13(17)14(12)15/h3,5-6,11H,4,8-10,17H2,1-2H3. The third kappa shape index (κ3) is 4.67. The SMILES string of the molecule is CC(C)CN(CCC#N)Cc1cccc(N)c1Br. The van der Waals surface area contributed by atoms with Gasteiger partial charge in [0.15, 0.2) is 0 Å². The Morgan fingerprint density at radius 3 is 2.78 bits per heavy atom. The molecule has 0 fully saturated rings. The zero-order valence-corrected chi connectivity index (χ0v) is 12.6. The summed E-state index contributed by atoms with van der Waals surface area (Å²) in [7, 11) is 0. The zero-order chi connectivity index (χ0) is 13.5. The summed E-state index contributed by atoms with van der Waals surface area (Å²) < 4.78 is 0.968. The summed E-state index contributed by atoms with van der Waals surface area (Å²) in [6.45, 7) is 6.99. The predicted octanol–water partition coefficient (Wildman–Crippen LogP) is 3.40. The molecule has 0 atom stereocenters. The molecule has 0 radical (unpaired) electrons. The molecule has 3 nitrogen and oxygen atoms in total. The van der Waals surface area contributed by atoms with E-state index in [4.69, 9.17) is 11.0 Å². The highest BCUT2D eigenvalue weighted by molar-refractivity contribution is 9.10. The number of halogens is 1. The number of nitrogens with zero attached hydrogens (tertiary/aromatic N) is 2. The van der Waals surface area contributed by atoms with Crippen molar-refractivity contribution in [3.8, 4) is 6.07 Å². The Hall–Kier alpha value is -1.05. The fraction of sp³-hybridized carbons (Fsp3) is 0.500. The predicted molar refractivity (Wildman–Crippen MR) is 78.9 cm³/mol. The van der Waals surface area contributed by atoms with E-state index in [0.29, 0.717) is 12.3 Å². The first-order valence-electron chi connectivity index (χ1n) is 6.16. The number of nitriles is 1. The molecule has 1 aromatic carbocycles. The van der Waals surface area contributed by atoms with E-state index in [2.05, 4.69) is 46.8 Å². The first-order valence-corrected chi connectivity index (χ1v) is 6.96. The summed E-state index contributed by atoms with van der Waals surface area (Å²) >= 11 is 3.53. The van der Waals surface area contributed by atoms with Crippen LogP contribution >= 0.6 is 15.9 Å². The quantitative estimate of drug-likeness (QED) is 0.819. The van der Waals surface area contributed by atoms with Crippen molar-refractivity contribution in [1.82, 2.24) is 4.90 Å². The molecule has 0 aliphatic heterocycles. The molecule has 0 saturated heterocycles. The minimum absolute atomic E-state index is 0.562. The van der Waals surface area contributed by atoms with Gasteiger partial charge in [-0.3, -0.25) is 4.90 Å². The van der Waals surface area contributed by atoms with E-state index in [0.717, 1.165) is 29.8 Å². The van der Waals surface area contributed by atoms with E-state index in [1.807, 2.05) is 12.1 Å². The van der Waals surface area contributed by atoms with Crippen LogP contribution in [0.4, 0.5) is 5.69 Å². The lowest BCUT2D eigenvalue weighted by Gasteiger charge is -2.24. The Morgan fingerprint density at radius 2 is 2.17 bits per heavy atom. The van der Waals surface area contributed by atoms with Crippen molar-refractivity contribution in [2.45, 2.75) is 26.8 Å². The van der Waals surface area contributed by atoms with E-state index in [-0.39, 0.29) is 0 Å². The van der Waals surface area contributed by atoms with Gasteiger partial charge in [0.25, 0.3) is 0 Å². The lowest BCUT2D eigenvalue weighted by molar-refractivity contribution is 0.241. The number of hydrogen-bond donors (Lipinski definition) is 1. The Kier molecular flexibility index (Phi) is 6.17. The van der Waals surface area contributed by atoms with Crippen LogP contribution in [0.15, 0.2) is 22.7 Å². The van der Waals surface area contributed by atoms with Gasteiger partial charge in [-0.15, -0.1) is 0 Å². The largest absolute Gasteiger partial charge is 0.398 e. The molecule has 0 bridgehead atoms. The lowest BCUT2D eigenvalue weighted by atomic mass is 10.1. The first-order chi connectivity index (χ1) is 8.54. The van der Waals surface area contributed by atoms with Crippen LogP contribution in [-0.4, -0.2) is 18.0 Å². The maximum absolute atomic E-state index is 8.71. The third-order valence-electron chi connectivity index (χ3n) is 2.67. The van der Waals surface area contributed by atoms with Gasteiger partial charge in [0.2, 0.25) is 0 Å². The highest BCUT2D eigenvalue weighted by Gasteiger charge is 2.11. The third-order valence-corrected chi connectivity index (χ3v) is 3.63. The van der Waals surface area contributed by atoms with E-state index < -0.39 is 0 Å². The number of benzene rings is 1. The molecule has 0 unspecified atom stereocenters. The average Bonchev–Trinajstić information content (AvgIpc) is 2.31. The van der Waals surface area contributed by atoms with Gasteiger partial charge in [0.1, 0.15) is 0 Å². The van der Waals surface area contributed by atoms with Gasteiger partial charge in [-0.2, -0.15) is 5.26 Å². The van der Waals surface area contributed by atoms with Gasteiger partial charge >= 0.3 is 0 Å².